The number of benzene rings is 1. The second-order valence-electron chi connectivity index (χ2n) is 4.75. The molecule has 1 aromatic heterocycles. The fraction of sp³-hybridized carbons (Fsp3) is 0.214. The van der Waals surface area contributed by atoms with Crippen molar-refractivity contribution in [3.05, 3.63) is 53.0 Å². The van der Waals surface area contributed by atoms with Gasteiger partial charge in [-0.05, 0) is 42.2 Å². The molecule has 1 aliphatic carbocycles. The number of aromatic carboxylic acids is 1. The molecule has 5 heteroatoms. The Morgan fingerprint density at radius 1 is 1.37 bits per heavy atom. The molecule has 0 spiro atoms. The third kappa shape index (κ3) is 1.62. The summed E-state index contributed by atoms with van der Waals surface area (Å²) in [5.41, 5.74) is 6.54. The molecule has 1 unspecified atom stereocenters. The molecule has 0 saturated carbocycles. The monoisotopic (exact) mass is 259 g/mol. The second-order valence-corrected chi connectivity index (χ2v) is 4.75. The van der Waals surface area contributed by atoms with Crippen LogP contribution < -0.4 is 5.73 Å². The summed E-state index contributed by atoms with van der Waals surface area (Å²) in [6.45, 7) is 0. The average molecular weight is 259 g/mol. The molecule has 0 aliphatic heterocycles. The van der Waals surface area contributed by atoms with Crippen LogP contribution in [0.25, 0.3) is 0 Å². The van der Waals surface area contributed by atoms with Crippen LogP contribution in [-0.2, 0) is 12.0 Å². The molecule has 0 bridgehead atoms. The van der Waals surface area contributed by atoms with Crippen molar-refractivity contribution >= 4 is 11.7 Å². The van der Waals surface area contributed by atoms with Gasteiger partial charge in [-0.2, -0.15) is 0 Å². The lowest BCUT2D eigenvalue weighted by Crippen LogP contribution is -2.25. The summed E-state index contributed by atoms with van der Waals surface area (Å²) in [5.74, 6) is -1.02. The molecule has 1 heterocycles. The van der Waals surface area contributed by atoms with Crippen molar-refractivity contribution in [2.24, 2.45) is 0 Å². The van der Waals surface area contributed by atoms with E-state index < -0.39 is 11.6 Å². The van der Waals surface area contributed by atoms with Gasteiger partial charge in [0.2, 0.25) is 0 Å². The Kier molecular flexibility index (Phi) is 2.40. The molecule has 0 fully saturated rings. The van der Waals surface area contributed by atoms with E-state index in [4.69, 9.17) is 15.3 Å². The topological polar surface area (TPSA) is 96.7 Å². The lowest BCUT2D eigenvalue weighted by Gasteiger charge is -2.22. The Bertz CT molecular complexity index is 661. The van der Waals surface area contributed by atoms with Crippen molar-refractivity contribution in [1.29, 1.82) is 0 Å². The van der Waals surface area contributed by atoms with E-state index in [1.807, 2.05) is 0 Å². The lowest BCUT2D eigenvalue weighted by atomic mass is 9.90. The van der Waals surface area contributed by atoms with Crippen molar-refractivity contribution in [2.45, 2.75) is 18.4 Å². The van der Waals surface area contributed by atoms with Crippen molar-refractivity contribution < 1.29 is 19.4 Å². The largest absolute Gasteiger partial charge is 0.478 e. The smallest absolute Gasteiger partial charge is 0.339 e. The number of nitrogen functional groups attached to an aromatic ring is 1. The zero-order valence-corrected chi connectivity index (χ0v) is 10.1. The number of carboxylic acid groups (broad SMARTS) is 1. The minimum absolute atomic E-state index is 0.00725. The van der Waals surface area contributed by atoms with Gasteiger partial charge in [0.25, 0.3) is 0 Å². The first-order chi connectivity index (χ1) is 9.02. The van der Waals surface area contributed by atoms with Gasteiger partial charge in [0.15, 0.2) is 5.76 Å². The zero-order valence-electron chi connectivity index (χ0n) is 10.1. The number of aliphatic hydroxyl groups is 1. The van der Waals surface area contributed by atoms with Crippen LogP contribution in [0.2, 0.25) is 0 Å². The van der Waals surface area contributed by atoms with Gasteiger partial charge in [0.05, 0.1) is 6.26 Å². The Hall–Kier alpha value is -2.27. The quantitative estimate of drug-likeness (QED) is 0.714. The maximum atomic E-state index is 11.2. The predicted molar refractivity (Wildman–Crippen MR) is 67.8 cm³/mol. The first-order valence-electron chi connectivity index (χ1n) is 5.95. The van der Waals surface area contributed by atoms with Crippen molar-refractivity contribution in [2.75, 3.05) is 5.73 Å². The summed E-state index contributed by atoms with van der Waals surface area (Å²) in [5, 5.41) is 20.0. The fourth-order valence-corrected chi connectivity index (χ4v) is 2.71. The number of carboxylic acids is 1. The highest BCUT2D eigenvalue weighted by atomic mass is 16.4. The molecule has 2 aromatic rings. The predicted octanol–water partition coefficient (Wildman–Crippen LogP) is 1.74. The van der Waals surface area contributed by atoms with Gasteiger partial charge in [0, 0.05) is 5.69 Å². The number of rotatable bonds is 2. The van der Waals surface area contributed by atoms with Gasteiger partial charge in [0.1, 0.15) is 11.2 Å². The van der Waals surface area contributed by atoms with Gasteiger partial charge >= 0.3 is 5.97 Å². The second kappa shape index (κ2) is 3.86. The molecule has 19 heavy (non-hydrogen) atoms. The Morgan fingerprint density at radius 2 is 2.16 bits per heavy atom. The number of nitrogens with two attached hydrogens (primary N) is 1. The molecular weight excluding hydrogens is 246 g/mol. The number of hydrogen-bond acceptors (Lipinski definition) is 4. The fourth-order valence-electron chi connectivity index (χ4n) is 2.71. The summed E-state index contributed by atoms with van der Waals surface area (Å²) in [6.07, 6.45) is 2.31. The van der Waals surface area contributed by atoms with Crippen LogP contribution in [0, 0.1) is 0 Å². The summed E-state index contributed by atoms with van der Waals surface area (Å²) < 4.78 is 5.24. The van der Waals surface area contributed by atoms with E-state index >= 15 is 0 Å². The van der Waals surface area contributed by atoms with Crippen LogP contribution in [-0.4, -0.2) is 16.2 Å². The normalized spacial score (nSPS) is 21.3. The number of anilines is 1. The van der Waals surface area contributed by atoms with Crippen LogP contribution in [0.3, 0.4) is 0 Å². The van der Waals surface area contributed by atoms with E-state index in [0.29, 0.717) is 24.1 Å². The van der Waals surface area contributed by atoms with Gasteiger partial charge in [-0.3, -0.25) is 0 Å². The van der Waals surface area contributed by atoms with E-state index in [9.17, 15) is 9.90 Å². The minimum Gasteiger partial charge on any atom is -0.478 e. The summed E-state index contributed by atoms with van der Waals surface area (Å²) in [4.78, 5) is 11.2. The van der Waals surface area contributed by atoms with Gasteiger partial charge in [-0.25, -0.2) is 4.79 Å². The van der Waals surface area contributed by atoms with Crippen molar-refractivity contribution in [3.8, 4) is 0 Å². The minimum atomic E-state index is -1.39. The Labute approximate surface area is 109 Å². The zero-order chi connectivity index (χ0) is 13.6. The first-order valence-corrected chi connectivity index (χ1v) is 5.95. The molecule has 5 nitrogen and oxygen atoms in total. The van der Waals surface area contributed by atoms with E-state index in [-0.39, 0.29) is 11.3 Å². The lowest BCUT2D eigenvalue weighted by molar-refractivity contribution is 0.0519. The highest BCUT2D eigenvalue weighted by Gasteiger charge is 2.43. The number of furan rings is 1. The Morgan fingerprint density at radius 3 is 2.89 bits per heavy atom. The molecule has 4 N–H and O–H groups in total. The molecule has 0 amide bonds. The molecule has 98 valence electrons. The Balaban J connectivity index is 2.16. The number of fused-ring (bicyclic) bond motifs is 1. The maximum Gasteiger partial charge on any atom is 0.339 e. The van der Waals surface area contributed by atoms with Crippen molar-refractivity contribution in [1.82, 2.24) is 0 Å². The van der Waals surface area contributed by atoms with Crippen LogP contribution >= 0.6 is 0 Å². The third-order valence-corrected chi connectivity index (χ3v) is 3.60. The van der Waals surface area contributed by atoms with E-state index in [0.717, 1.165) is 5.56 Å². The molecular formula is C14H13NO4. The SMILES string of the molecule is Nc1ccc2c(c1)CCC2(O)c1occc1C(=O)O. The third-order valence-electron chi connectivity index (χ3n) is 3.60. The van der Waals surface area contributed by atoms with Gasteiger partial charge < -0.3 is 20.4 Å². The summed E-state index contributed by atoms with van der Waals surface area (Å²) >= 11 is 0. The molecule has 1 aromatic carbocycles. The molecule has 0 saturated heterocycles. The number of hydrogen-bond donors (Lipinski definition) is 3. The van der Waals surface area contributed by atoms with Gasteiger partial charge in [-0.1, -0.05) is 6.07 Å². The van der Waals surface area contributed by atoms with E-state index in [1.165, 1.54) is 12.3 Å². The molecule has 1 aliphatic rings. The summed E-state index contributed by atoms with van der Waals surface area (Å²) in [7, 11) is 0. The van der Waals surface area contributed by atoms with Crippen LogP contribution in [0.15, 0.2) is 34.9 Å². The number of carbonyl (C=O) groups is 1. The van der Waals surface area contributed by atoms with Gasteiger partial charge in [-0.15, -0.1) is 0 Å². The van der Waals surface area contributed by atoms with E-state index in [1.54, 1.807) is 18.2 Å². The molecule has 0 radical (unpaired) electrons. The molecule has 1 atom stereocenters. The highest BCUT2D eigenvalue weighted by molar-refractivity contribution is 5.89. The summed E-state index contributed by atoms with van der Waals surface area (Å²) in [6, 6.07) is 6.58. The van der Waals surface area contributed by atoms with Crippen LogP contribution in [0.4, 0.5) is 5.69 Å². The first kappa shape index (κ1) is 11.8. The highest BCUT2D eigenvalue weighted by Crippen LogP contribution is 2.44. The van der Waals surface area contributed by atoms with Crippen LogP contribution in [0.1, 0.15) is 33.7 Å². The average Bonchev–Trinajstić information content (AvgIpc) is 2.95. The maximum absolute atomic E-state index is 11.2. The van der Waals surface area contributed by atoms with Crippen LogP contribution in [0.5, 0.6) is 0 Å². The number of aryl methyl sites for hydroxylation is 1. The van der Waals surface area contributed by atoms with Crippen molar-refractivity contribution in [3.63, 3.8) is 0 Å². The van der Waals surface area contributed by atoms with E-state index in [2.05, 4.69) is 0 Å². The standard InChI is InChI=1S/C14H13NO4/c15-9-1-2-11-8(7-9)3-5-14(11,18)12-10(13(16)17)4-6-19-12/h1-2,4,6-7,18H,3,5,15H2,(H,16,17). The molecule has 3 rings (SSSR count).